The summed E-state index contributed by atoms with van der Waals surface area (Å²) < 4.78 is 0. The molecule has 0 radical (unpaired) electrons. The van der Waals surface area contributed by atoms with Crippen LogP contribution in [0.1, 0.15) is 31.2 Å². The molecule has 1 unspecified atom stereocenters. The molecule has 0 aliphatic carbocycles. The average molecular weight is 315 g/mol. The summed E-state index contributed by atoms with van der Waals surface area (Å²) in [4.78, 5) is 17.4. The molecule has 126 valence electrons. The Morgan fingerprint density at radius 3 is 2.57 bits per heavy atom. The minimum Gasteiger partial charge on any atom is -0.342 e. The Hall–Kier alpha value is -1.39. The molecule has 1 N–H and O–H groups in total. The van der Waals surface area contributed by atoms with Gasteiger partial charge in [0.25, 0.3) is 0 Å². The normalized spacial score (nSPS) is 23.9. The van der Waals surface area contributed by atoms with E-state index < -0.39 is 0 Å². The number of carbonyl (C=O) groups excluding carboxylic acids is 1. The minimum absolute atomic E-state index is 0.193. The van der Waals surface area contributed by atoms with E-state index in [-0.39, 0.29) is 5.92 Å². The number of hydrogen-bond donors (Lipinski definition) is 1. The number of nitrogens with one attached hydrogen (secondary N) is 1. The molecule has 0 saturated carbocycles. The fourth-order valence-electron chi connectivity index (χ4n) is 3.89. The van der Waals surface area contributed by atoms with Crippen molar-refractivity contribution in [2.45, 2.75) is 38.3 Å². The summed E-state index contributed by atoms with van der Waals surface area (Å²) in [5.74, 6) is 0.580. The molecule has 2 fully saturated rings. The molecule has 1 aromatic rings. The van der Waals surface area contributed by atoms with Crippen LogP contribution in [0.4, 0.5) is 0 Å². The third-order valence-corrected chi connectivity index (χ3v) is 5.32. The van der Waals surface area contributed by atoms with Crippen molar-refractivity contribution in [1.29, 1.82) is 0 Å². The van der Waals surface area contributed by atoms with Crippen molar-refractivity contribution in [2.24, 2.45) is 5.92 Å². The third-order valence-electron chi connectivity index (χ3n) is 5.32. The minimum atomic E-state index is 0.193. The van der Waals surface area contributed by atoms with Gasteiger partial charge in [-0.3, -0.25) is 9.69 Å². The maximum absolute atomic E-state index is 12.8. The van der Waals surface area contributed by atoms with Gasteiger partial charge in [-0.2, -0.15) is 0 Å². The molecule has 2 saturated heterocycles. The Morgan fingerprint density at radius 1 is 1.13 bits per heavy atom. The lowest BCUT2D eigenvalue weighted by atomic mass is 9.94. The zero-order valence-corrected chi connectivity index (χ0v) is 14.2. The second kappa shape index (κ2) is 7.93. The van der Waals surface area contributed by atoms with E-state index >= 15 is 0 Å². The van der Waals surface area contributed by atoms with E-state index in [1.54, 1.807) is 0 Å². The molecule has 0 spiro atoms. The van der Waals surface area contributed by atoms with Crippen LogP contribution in [-0.2, 0) is 11.3 Å². The first-order chi connectivity index (χ1) is 11.3. The lowest BCUT2D eigenvalue weighted by molar-refractivity contribution is -0.138. The molecular weight excluding hydrogens is 286 g/mol. The topological polar surface area (TPSA) is 35.6 Å². The van der Waals surface area contributed by atoms with E-state index in [0.717, 1.165) is 58.4 Å². The summed E-state index contributed by atoms with van der Waals surface area (Å²) in [5.41, 5.74) is 1.34. The average Bonchev–Trinajstić information content (AvgIpc) is 2.62. The summed E-state index contributed by atoms with van der Waals surface area (Å²) in [6.45, 7) is 4.83. The second-order valence-electron chi connectivity index (χ2n) is 6.95. The molecule has 0 aromatic heterocycles. The first-order valence-corrected chi connectivity index (χ1v) is 8.98. The summed E-state index contributed by atoms with van der Waals surface area (Å²) >= 11 is 0. The molecule has 1 atom stereocenters. The van der Waals surface area contributed by atoms with Crippen molar-refractivity contribution in [2.75, 3.05) is 33.2 Å². The first-order valence-electron chi connectivity index (χ1n) is 8.98. The Kier molecular flexibility index (Phi) is 5.68. The van der Waals surface area contributed by atoms with Crippen molar-refractivity contribution < 1.29 is 4.79 Å². The van der Waals surface area contributed by atoms with Crippen LogP contribution in [-0.4, -0.2) is 55.0 Å². The smallest absolute Gasteiger partial charge is 0.226 e. The maximum atomic E-state index is 12.8. The van der Waals surface area contributed by atoms with E-state index in [2.05, 4.69) is 45.4 Å². The van der Waals surface area contributed by atoms with Gasteiger partial charge in [-0.15, -0.1) is 0 Å². The van der Waals surface area contributed by atoms with Crippen molar-refractivity contribution >= 4 is 5.91 Å². The summed E-state index contributed by atoms with van der Waals surface area (Å²) in [6.07, 6.45) is 4.36. The number of likely N-dealkylation sites (tertiary alicyclic amines) is 2. The number of benzene rings is 1. The number of nitrogens with zero attached hydrogens (tertiary/aromatic N) is 2. The number of hydrogen-bond acceptors (Lipinski definition) is 3. The largest absolute Gasteiger partial charge is 0.342 e. The molecule has 1 aromatic carbocycles. The van der Waals surface area contributed by atoms with Crippen molar-refractivity contribution in [3.05, 3.63) is 35.9 Å². The molecular formula is C19H29N3O. The Bertz CT molecular complexity index is 497. The van der Waals surface area contributed by atoms with Crippen LogP contribution < -0.4 is 5.32 Å². The SMILES string of the molecule is CNC1CCN(C(=O)C2CCCN(Cc3ccccc3)C2)CC1. The van der Waals surface area contributed by atoms with Gasteiger partial charge in [-0.25, -0.2) is 0 Å². The van der Waals surface area contributed by atoms with E-state index in [4.69, 9.17) is 0 Å². The van der Waals surface area contributed by atoms with Crippen molar-refractivity contribution in [3.63, 3.8) is 0 Å². The molecule has 4 nitrogen and oxygen atoms in total. The monoisotopic (exact) mass is 315 g/mol. The zero-order valence-electron chi connectivity index (χ0n) is 14.2. The Morgan fingerprint density at radius 2 is 1.87 bits per heavy atom. The maximum Gasteiger partial charge on any atom is 0.226 e. The number of carbonyl (C=O) groups is 1. The van der Waals surface area contributed by atoms with Gasteiger partial charge in [0.15, 0.2) is 0 Å². The van der Waals surface area contributed by atoms with Crippen molar-refractivity contribution in [1.82, 2.24) is 15.1 Å². The summed E-state index contributed by atoms with van der Waals surface area (Å²) in [5, 5.41) is 3.33. The number of amides is 1. The van der Waals surface area contributed by atoms with Gasteiger partial charge in [-0.1, -0.05) is 30.3 Å². The van der Waals surface area contributed by atoms with Gasteiger partial charge < -0.3 is 10.2 Å². The van der Waals surface area contributed by atoms with E-state index in [9.17, 15) is 4.79 Å². The second-order valence-corrected chi connectivity index (χ2v) is 6.95. The standard InChI is InChI=1S/C19H29N3O/c1-20-18-9-12-22(13-10-18)19(23)17-8-5-11-21(15-17)14-16-6-3-2-4-7-16/h2-4,6-7,17-18,20H,5,8-15H2,1H3. The molecule has 0 bridgehead atoms. The van der Waals surface area contributed by atoms with Crippen LogP contribution in [0, 0.1) is 5.92 Å². The van der Waals surface area contributed by atoms with Crippen LogP contribution in [0.15, 0.2) is 30.3 Å². The predicted octanol–water partition coefficient (Wildman–Crippen LogP) is 2.11. The quantitative estimate of drug-likeness (QED) is 0.924. The molecule has 4 heteroatoms. The van der Waals surface area contributed by atoms with Crippen LogP contribution >= 0.6 is 0 Å². The van der Waals surface area contributed by atoms with E-state index in [0.29, 0.717) is 11.9 Å². The zero-order chi connectivity index (χ0) is 16.1. The lowest BCUT2D eigenvalue weighted by Gasteiger charge is -2.37. The van der Waals surface area contributed by atoms with Gasteiger partial charge in [0.05, 0.1) is 5.92 Å². The first kappa shape index (κ1) is 16.5. The van der Waals surface area contributed by atoms with Gasteiger partial charge in [0.1, 0.15) is 0 Å². The van der Waals surface area contributed by atoms with E-state index in [1.165, 1.54) is 5.56 Å². The van der Waals surface area contributed by atoms with Crippen LogP contribution in [0.2, 0.25) is 0 Å². The molecule has 3 rings (SSSR count). The van der Waals surface area contributed by atoms with Crippen LogP contribution in [0.3, 0.4) is 0 Å². The highest BCUT2D eigenvalue weighted by atomic mass is 16.2. The lowest BCUT2D eigenvalue weighted by Crippen LogP contribution is -2.49. The van der Waals surface area contributed by atoms with Crippen LogP contribution in [0.5, 0.6) is 0 Å². The van der Waals surface area contributed by atoms with Gasteiger partial charge in [0.2, 0.25) is 5.91 Å². The summed E-state index contributed by atoms with van der Waals surface area (Å²) in [6, 6.07) is 11.2. The molecule has 2 aliphatic heterocycles. The number of piperidine rings is 2. The Labute approximate surface area is 139 Å². The van der Waals surface area contributed by atoms with Gasteiger partial charge in [0, 0.05) is 32.2 Å². The molecule has 23 heavy (non-hydrogen) atoms. The van der Waals surface area contributed by atoms with Crippen LogP contribution in [0.25, 0.3) is 0 Å². The predicted molar refractivity (Wildman–Crippen MR) is 93.1 cm³/mol. The summed E-state index contributed by atoms with van der Waals surface area (Å²) in [7, 11) is 2.02. The fraction of sp³-hybridized carbons (Fsp3) is 0.632. The molecule has 2 heterocycles. The highest BCUT2D eigenvalue weighted by Gasteiger charge is 2.31. The molecule has 2 aliphatic rings. The highest BCUT2D eigenvalue weighted by Crippen LogP contribution is 2.22. The molecule has 1 amide bonds. The number of rotatable bonds is 4. The van der Waals surface area contributed by atoms with Gasteiger partial charge in [-0.05, 0) is 44.8 Å². The Balaban J connectivity index is 1.53. The van der Waals surface area contributed by atoms with Crippen molar-refractivity contribution in [3.8, 4) is 0 Å². The fourth-order valence-corrected chi connectivity index (χ4v) is 3.89. The third kappa shape index (κ3) is 4.33. The highest BCUT2D eigenvalue weighted by molar-refractivity contribution is 5.79. The van der Waals surface area contributed by atoms with Gasteiger partial charge >= 0.3 is 0 Å². The van der Waals surface area contributed by atoms with E-state index in [1.807, 2.05) is 7.05 Å².